The lowest BCUT2D eigenvalue weighted by atomic mass is 10.1. The normalized spacial score (nSPS) is 11.4. The van der Waals surface area contributed by atoms with Crippen LogP contribution >= 0.6 is 22.6 Å². The second kappa shape index (κ2) is 7.10. The number of halogens is 4. The molecule has 1 amide bonds. The molecule has 1 aromatic heterocycles. The van der Waals surface area contributed by atoms with E-state index in [-0.39, 0.29) is 5.69 Å². The maximum absolute atomic E-state index is 13.7. The van der Waals surface area contributed by atoms with Gasteiger partial charge >= 0.3 is 6.18 Å². The maximum Gasteiger partial charge on any atom is 0.434 e. The van der Waals surface area contributed by atoms with Crippen molar-refractivity contribution in [2.45, 2.75) is 13.1 Å². The van der Waals surface area contributed by atoms with Crippen LogP contribution in [0, 0.1) is 10.5 Å². The SMILES string of the molecule is Cc1ccccc1-n1ncc(C(=O)Nc2ccc(I)cc2)c1C(F)(F)F. The zero-order chi connectivity index (χ0) is 18.9. The molecule has 0 bridgehead atoms. The lowest BCUT2D eigenvalue weighted by molar-refractivity contribution is -0.143. The minimum atomic E-state index is -4.74. The number of alkyl halides is 3. The van der Waals surface area contributed by atoms with Crippen LogP contribution in [0.5, 0.6) is 0 Å². The van der Waals surface area contributed by atoms with Crippen molar-refractivity contribution in [1.29, 1.82) is 0 Å². The first-order chi connectivity index (χ1) is 12.3. The number of nitrogens with zero attached hydrogens (tertiary/aromatic N) is 2. The number of benzene rings is 2. The standard InChI is InChI=1S/C18H13F3IN3O/c1-11-4-2-3-5-15(11)25-16(18(19,20)21)14(10-23-25)17(26)24-13-8-6-12(22)7-9-13/h2-10H,1H3,(H,24,26). The summed E-state index contributed by atoms with van der Waals surface area (Å²) in [5.74, 6) is -0.863. The van der Waals surface area contributed by atoms with Crippen LogP contribution in [0.3, 0.4) is 0 Å². The fraction of sp³-hybridized carbons (Fsp3) is 0.111. The number of carbonyl (C=O) groups is 1. The van der Waals surface area contributed by atoms with E-state index in [0.29, 0.717) is 11.3 Å². The molecule has 0 radical (unpaired) electrons. The summed E-state index contributed by atoms with van der Waals surface area (Å²) in [5.41, 5.74) is -0.333. The summed E-state index contributed by atoms with van der Waals surface area (Å²) >= 11 is 2.10. The Morgan fingerprint density at radius 3 is 2.38 bits per heavy atom. The van der Waals surface area contributed by atoms with E-state index in [1.165, 1.54) is 6.07 Å². The monoisotopic (exact) mass is 471 g/mol. The Bertz CT molecular complexity index is 949. The molecule has 0 aliphatic carbocycles. The van der Waals surface area contributed by atoms with Gasteiger partial charge in [0.05, 0.1) is 17.4 Å². The average Bonchev–Trinajstić information content (AvgIpc) is 3.02. The summed E-state index contributed by atoms with van der Waals surface area (Å²) in [6.07, 6.45) is -3.80. The molecule has 0 fully saturated rings. The summed E-state index contributed by atoms with van der Waals surface area (Å²) < 4.78 is 42.7. The highest BCUT2D eigenvalue weighted by Gasteiger charge is 2.40. The third-order valence-corrected chi connectivity index (χ3v) is 4.45. The van der Waals surface area contributed by atoms with Gasteiger partial charge in [-0.05, 0) is 65.4 Å². The quantitative estimate of drug-likeness (QED) is 0.544. The van der Waals surface area contributed by atoms with Gasteiger partial charge in [0.15, 0.2) is 5.69 Å². The minimum Gasteiger partial charge on any atom is -0.322 e. The molecule has 0 saturated carbocycles. The van der Waals surface area contributed by atoms with Gasteiger partial charge in [0, 0.05) is 9.26 Å². The Morgan fingerprint density at radius 2 is 1.77 bits per heavy atom. The highest BCUT2D eigenvalue weighted by Crippen LogP contribution is 2.34. The number of aryl methyl sites for hydroxylation is 1. The smallest absolute Gasteiger partial charge is 0.322 e. The molecule has 2 aromatic carbocycles. The Balaban J connectivity index is 2.04. The van der Waals surface area contributed by atoms with Gasteiger partial charge in [0.2, 0.25) is 0 Å². The molecule has 8 heteroatoms. The summed E-state index contributed by atoms with van der Waals surface area (Å²) in [6, 6.07) is 13.3. The van der Waals surface area contributed by atoms with Gasteiger partial charge in [-0.1, -0.05) is 18.2 Å². The number of carbonyl (C=O) groups excluding carboxylic acids is 1. The molecule has 0 atom stereocenters. The third-order valence-electron chi connectivity index (χ3n) is 3.73. The van der Waals surface area contributed by atoms with Gasteiger partial charge in [0.25, 0.3) is 5.91 Å². The third kappa shape index (κ3) is 3.74. The van der Waals surface area contributed by atoms with E-state index in [4.69, 9.17) is 0 Å². The number of para-hydroxylation sites is 1. The number of aromatic nitrogens is 2. The lowest BCUT2D eigenvalue weighted by Crippen LogP contribution is -2.21. The number of anilines is 1. The van der Waals surface area contributed by atoms with E-state index < -0.39 is 23.3 Å². The van der Waals surface area contributed by atoms with Crippen LogP contribution in [0.15, 0.2) is 54.7 Å². The zero-order valence-electron chi connectivity index (χ0n) is 13.5. The van der Waals surface area contributed by atoms with E-state index in [2.05, 4.69) is 33.0 Å². The van der Waals surface area contributed by atoms with Gasteiger partial charge in [0.1, 0.15) is 0 Å². The van der Waals surface area contributed by atoms with Gasteiger partial charge in [-0.3, -0.25) is 4.79 Å². The molecule has 0 aliphatic rings. The van der Waals surface area contributed by atoms with E-state index in [0.717, 1.165) is 14.4 Å². The van der Waals surface area contributed by atoms with Crippen molar-refractivity contribution in [3.8, 4) is 5.69 Å². The first-order valence-corrected chi connectivity index (χ1v) is 8.63. The molecule has 0 saturated heterocycles. The number of nitrogens with one attached hydrogen (secondary N) is 1. The predicted octanol–water partition coefficient (Wildman–Crippen LogP) is 5.06. The fourth-order valence-corrected chi connectivity index (χ4v) is 2.86. The predicted molar refractivity (Wildman–Crippen MR) is 100 cm³/mol. The van der Waals surface area contributed by atoms with E-state index >= 15 is 0 Å². The van der Waals surface area contributed by atoms with Crippen molar-refractivity contribution in [3.05, 3.63) is 75.1 Å². The van der Waals surface area contributed by atoms with Gasteiger partial charge in [-0.15, -0.1) is 0 Å². The highest BCUT2D eigenvalue weighted by molar-refractivity contribution is 14.1. The summed E-state index contributed by atoms with van der Waals surface area (Å²) in [4.78, 5) is 12.4. The van der Waals surface area contributed by atoms with E-state index in [1.807, 2.05) is 0 Å². The second-order valence-corrected chi connectivity index (χ2v) is 6.81. The number of amides is 1. The highest BCUT2D eigenvalue weighted by atomic mass is 127. The van der Waals surface area contributed by atoms with E-state index in [1.54, 1.807) is 49.4 Å². The second-order valence-electron chi connectivity index (χ2n) is 5.56. The van der Waals surface area contributed by atoms with Crippen LogP contribution in [0.1, 0.15) is 21.6 Å². The van der Waals surface area contributed by atoms with Crippen molar-refractivity contribution in [2.24, 2.45) is 0 Å². The molecule has 0 aliphatic heterocycles. The van der Waals surface area contributed by atoms with Crippen LogP contribution in [-0.4, -0.2) is 15.7 Å². The topological polar surface area (TPSA) is 46.9 Å². The molecule has 4 nitrogen and oxygen atoms in total. The fourth-order valence-electron chi connectivity index (χ4n) is 2.50. The Morgan fingerprint density at radius 1 is 1.12 bits per heavy atom. The largest absolute Gasteiger partial charge is 0.434 e. The molecule has 1 N–H and O–H groups in total. The van der Waals surface area contributed by atoms with Crippen LogP contribution in [0.4, 0.5) is 18.9 Å². The first-order valence-electron chi connectivity index (χ1n) is 7.55. The summed E-state index contributed by atoms with van der Waals surface area (Å²) in [5, 5.41) is 6.31. The Hall–Kier alpha value is -2.36. The lowest BCUT2D eigenvalue weighted by Gasteiger charge is -2.14. The Kier molecular flexibility index (Phi) is 5.03. The van der Waals surface area contributed by atoms with Crippen LogP contribution < -0.4 is 5.32 Å². The van der Waals surface area contributed by atoms with Crippen LogP contribution in [0.25, 0.3) is 5.69 Å². The molecule has 3 rings (SSSR count). The molecule has 0 spiro atoms. The van der Waals surface area contributed by atoms with Gasteiger partial charge in [-0.25, -0.2) is 4.68 Å². The molecule has 26 heavy (non-hydrogen) atoms. The number of hydrogen-bond acceptors (Lipinski definition) is 2. The van der Waals surface area contributed by atoms with E-state index in [9.17, 15) is 18.0 Å². The minimum absolute atomic E-state index is 0.271. The summed E-state index contributed by atoms with van der Waals surface area (Å²) in [7, 11) is 0. The van der Waals surface area contributed by atoms with Gasteiger partial charge in [-0.2, -0.15) is 18.3 Å². The summed E-state index contributed by atoms with van der Waals surface area (Å²) in [6.45, 7) is 1.68. The molecule has 134 valence electrons. The first kappa shape index (κ1) is 18.4. The van der Waals surface area contributed by atoms with Crippen molar-refractivity contribution in [1.82, 2.24) is 9.78 Å². The zero-order valence-corrected chi connectivity index (χ0v) is 15.7. The number of hydrogen-bond donors (Lipinski definition) is 1. The Labute approximate surface area is 161 Å². The van der Waals surface area contributed by atoms with Crippen molar-refractivity contribution < 1.29 is 18.0 Å². The van der Waals surface area contributed by atoms with Crippen LogP contribution in [0.2, 0.25) is 0 Å². The van der Waals surface area contributed by atoms with Crippen LogP contribution in [-0.2, 0) is 6.18 Å². The average molecular weight is 471 g/mol. The molecular formula is C18H13F3IN3O. The van der Waals surface area contributed by atoms with Crippen molar-refractivity contribution >= 4 is 34.2 Å². The molecule has 3 aromatic rings. The molecule has 1 heterocycles. The molecule has 0 unspecified atom stereocenters. The van der Waals surface area contributed by atoms with Gasteiger partial charge < -0.3 is 5.32 Å². The maximum atomic E-state index is 13.7. The van der Waals surface area contributed by atoms with Crippen molar-refractivity contribution in [3.63, 3.8) is 0 Å². The number of rotatable bonds is 3. The molecular weight excluding hydrogens is 458 g/mol. The van der Waals surface area contributed by atoms with Crippen molar-refractivity contribution in [2.75, 3.05) is 5.32 Å².